The summed E-state index contributed by atoms with van der Waals surface area (Å²) < 4.78 is 48.6. The summed E-state index contributed by atoms with van der Waals surface area (Å²) >= 11 is 12.9. The fraction of sp³-hybridized carbons (Fsp3) is 0.419. The lowest BCUT2D eigenvalue weighted by molar-refractivity contribution is -0.139. The van der Waals surface area contributed by atoms with Crippen molar-refractivity contribution in [1.82, 2.24) is 34.8 Å². The molecule has 5 rings (SSSR count). The Morgan fingerprint density at radius 2 is 1.88 bits per heavy atom. The topological polar surface area (TPSA) is 189 Å². The number of nitrogens with zero attached hydrogens (tertiary/aromatic N) is 6. The van der Waals surface area contributed by atoms with Crippen molar-refractivity contribution in [1.29, 1.82) is 0 Å². The maximum absolute atomic E-state index is 13.4. The minimum absolute atomic E-state index is 0.0510. The van der Waals surface area contributed by atoms with Crippen LogP contribution in [-0.2, 0) is 51.7 Å². The van der Waals surface area contributed by atoms with Gasteiger partial charge in [-0.1, -0.05) is 35.3 Å². The molecule has 2 aliphatic heterocycles. The molecule has 1 saturated heterocycles. The monoisotopic (exact) mass is 750 g/mol. The molecule has 0 amide bonds. The number of tetrazole rings is 1. The van der Waals surface area contributed by atoms with Crippen LogP contribution in [0.5, 0.6) is 0 Å². The van der Waals surface area contributed by atoms with Crippen LogP contribution in [0.1, 0.15) is 31.2 Å². The summed E-state index contributed by atoms with van der Waals surface area (Å²) in [5.41, 5.74) is 1.49. The van der Waals surface area contributed by atoms with Crippen LogP contribution in [0, 0.1) is 0 Å². The van der Waals surface area contributed by atoms with E-state index in [1.54, 1.807) is 38.1 Å². The summed E-state index contributed by atoms with van der Waals surface area (Å²) in [4.78, 5) is 32.1. The standard InChI is InChI=1S/C31H36Cl2N8O8S/c1-4-49-31(43)28-23(36-19(2)26(30(42)46-3)27(28)21-6-5-7-22(32)29(21)33)17-48-18-25-37-39-41(38-25)11-10-34-24-9-8-20(16-35-24)50(44,45)40-12-14-47-15-13-40/h5-9,16,27,36H,4,10-15,17-18H2,1-3H3,(H,34,35). The first-order chi connectivity index (χ1) is 24.0. The lowest BCUT2D eigenvalue weighted by atomic mass is 9.80. The molecule has 3 aromatic rings. The molecule has 0 spiro atoms. The van der Waals surface area contributed by atoms with Crippen molar-refractivity contribution in [2.24, 2.45) is 0 Å². The van der Waals surface area contributed by atoms with Crippen molar-refractivity contribution in [3.05, 3.63) is 80.5 Å². The van der Waals surface area contributed by atoms with Crippen molar-refractivity contribution in [2.75, 3.05) is 58.5 Å². The Morgan fingerprint density at radius 1 is 1.10 bits per heavy atom. The second kappa shape index (κ2) is 16.7. The molecular weight excluding hydrogens is 715 g/mol. The number of hydrogen-bond acceptors (Lipinski definition) is 14. The van der Waals surface area contributed by atoms with E-state index in [9.17, 15) is 18.0 Å². The molecule has 0 aliphatic carbocycles. The lowest BCUT2D eigenvalue weighted by Gasteiger charge is -2.31. The van der Waals surface area contributed by atoms with E-state index < -0.39 is 27.9 Å². The molecule has 1 unspecified atom stereocenters. The summed E-state index contributed by atoms with van der Waals surface area (Å²) in [6, 6.07) is 8.05. The highest BCUT2D eigenvalue weighted by Gasteiger charge is 2.40. The minimum Gasteiger partial charge on any atom is -0.466 e. The number of aromatic nitrogens is 5. The largest absolute Gasteiger partial charge is 0.466 e. The molecule has 0 radical (unpaired) electrons. The highest BCUT2D eigenvalue weighted by atomic mass is 35.5. The van der Waals surface area contributed by atoms with Crippen LogP contribution < -0.4 is 10.6 Å². The molecular formula is C31H36Cl2N8O8S. The molecule has 1 aromatic carbocycles. The van der Waals surface area contributed by atoms with Gasteiger partial charge in [0.05, 0.1) is 72.9 Å². The third-order valence-electron chi connectivity index (χ3n) is 7.77. The molecule has 4 heterocycles. The first kappa shape index (κ1) is 37.1. The van der Waals surface area contributed by atoms with Gasteiger partial charge in [-0.15, -0.1) is 10.2 Å². The van der Waals surface area contributed by atoms with E-state index in [-0.39, 0.29) is 51.7 Å². The van der Waals surface area contributed by atoms with Crippen LogP contribution in [0.25, 0.3) is 0 Å². The number of morpholine rings is 1. The number of dihydropyridines is 1. The summed E-state index contributed by atoms with van der Waals surface area (Å²) in [5, 5.41) is 19.1. The highest BCUT2D eigenvalue weighted by molar-refractivity contribution is 7.89. The van der Waals surface area contributed by atoms with Gasteiger partial charge in [-0.2, -0.15) is 9.10 Å². The molecule has 2 N–H and O–H groups in total. The van der Waals surface area contributed by atoms with Crippen LogP contribution in [-0.4, -0.2) is 103 Å². The van der Waals surface area contributed by atoms with Gasteiger partial charge in [-0.05, 0) is 42.8 Å². The van der Waals surface area contributed by atoms with Gasteiger partial charge in [-0.25, -0.2) is 23.0 Å². The smallest absolute Gasteiger partial charge is 0.336 e. The van der Waals surface area contributed by atoms with Crippen LogP contribution >= 0.6 is 23.2 Å². The van der Waals surface area contributed by atoms with Gasteiger partial charge in [0, 0.05) is 31.5 Å². The average molecular weight is 752 g/mol. The fourth-order valence-electron chi connectivity index (χ4n) is 5.43. The Hall–Kier alpha value is -4.13. The Labute approximate surface area is 298 Å². The van der Waals surface area contributed by atoms with E-state index in [1.165, 1.54) is 28.5 Å². The van der Waals surface area contributed by atoms with E-state index in [2.05, 4.69) is 31.0 Å². The van der Waals surface area contributed by atoms with Gasteiger partial charge in [0.1, 0.15) is 17.3 Å². The number of carbonyl (C=O) groups excluding carboxylic acids is 2. The average Bonchev–Trinajstić information content (AvgIpc) is 3.57. The number of allylic oxidation sites excluding steroid dienone is 1. The zero-order valence-corrected chi connectivity index (χ0v) is 29.8. The van der Waals surface area contributed by atoms with E-state index in [0.29, 0.717) is 62.2 Å². The van der Waals surface area contributed by atoms with Gasteiger partial charge in [0.15, 0.2) is 5.82 Å². The molecule has 1 atom stereocenters. The van der Waals surface area contributed by atoms with Crippen molar-refractivity contribution >= 4 is 51.0 Å². The quantitative estimate of drug-likeness (QED) is 0.229. The zero-order chi connectivity index (χ0) is 35.8. The van der Waals surface area contributed by atoms with Gasteiger partial charge < -0.3 is 29.6 Å². The summed E-state index contributed by atoms with van der Waals surface area (Å²) in [7, 11) is -2.39. The Bertz CT molecular complexity index is 1880. The van der Waals surface area contributed by atoms with E-state index >= 15 is 0 Å². The third kappa shape index (κ3) is 8.42. The van der Waals surface area contributed by atoms with E-state index in [1.807, 2.05) is 0 Å². The molecule has 0 bridgehead atoms. The first-order valence-electron chi connectivity index (χ1n) is 15.6. The van der Waals surface area contributed by atoms with Crippen LogP contribution in [0.4, 0.5) is 5.82 Å². The number of ether oxygens (including phenoxy) is 4. The Kier molecular flexibility index (Phi) is 12.4. The van der Waals surface area contributed by atoms with Gasteiger partial charge in [0.2, 0.25) is 10.0 Å². The zero-order valence-electron chi connectivity index (χ0n) is 27.5. The number of carbonyl (C=O) groups is 2. The minimum atomic E-state index is -3.64. The number of anilines is 1. The van der Waals surface area contributed by atoms with Crippen molar-refractivity contribution in [3.8, 4) is 0 Å². The molecule has 16 nitrogen and oxygen atoms in total. The first-order valence-corrected chi connectivity index (χ1v) is 17.8. The van der Waals surface area contributed by atoms with Gasteiger partial charge in [-0.3, -0.25) is 0 Å². The molecule has 19 heteroatoms. The number of methoxy groups -OCH3 is 1. The van der Waals surface area contributed by atoms with Crippen LogP contribution in [0.3, 0.4) is 0 Å². The number of benzene rings is 1. The highest BCUT2D eigenvalue weighted by Crippen LogP contribution is 2.43. The normalized spacial score (nSPS) is 17.0. The third-order valence-corrected chi connectivity index (χ3v) is 10.5. The van der Waals surface area contributed by atoms with Crippen LogP contribution in [0.15, 0.2) is 64.0 Å². The fourth-order valence-corrected chi connectivity index (χ4v) is 7.20. The van der Waals surface area contributed by atoms with Gasteiger partial charge >= 0.3 is 11.9 Å². The molecule has 2 aliphatic rings. The summed E-state index contributed by atoms with van der Waals surface area (Å²) in [6.45, 7) is 5.31. The predicted octanol–water partition coefficient (Wildman–Crippen LogP) is 2.68. The van der Waals surface area contributed by atoms with Crippen molar-refractivity contribution < 1.29 is 37.0 Å². The SMILES string of the molecule is CCOC(=O)C1=C(COCc2nnn(CCNc3ccc(S(=O)(=O)N4CCOCC4)cn3)n2)NC(C)=C(C(=O)OC)C1c1cccc(Cl)c1Cl. The number of pyridine rings is 1. The van der Waals surface area contributed by atoms with Crippen molar-refractivity contribution in [2.45, 2.75) is 37.8 Å². The summed E-state index contributed by atoms with van der Waals surface area (Å²) in [5.74, 6) is -1.52. The van der Waals surface area contributed by atoms with Crippen molar-refractivity contribution in [3.63, 3.8) is 0 Å². The number of sulfonamides is 1. The second-order valence-corrected chi connectivity index (χ2v) is 13.7. The van der Waals surface area contributed by atoms with Crippen LogP contribution in [0.2, 0.25) is 10.0 Å². The number of halogens is 2. The maximum Gasteiger partial charge on any atom is 0.336 e. The number of rotatable bonds is 14. The lowest BCUT2D eigenvalue weighted by Crippen LogP contribution is -2.40. The number of hydrogen-bond donors (Lipinski definition) is 2. The number of nitrogens with one attached hydrogen (secondary N) is 2. The molecule has 2 aromatic heterocycles. The summed E-state index contributed by atoms with van der Waals surface area (Å²) in [6.07, 6.45) is 1.32. The van der Waals surface area contributed by atoms with E-state index in [0.717, 1.165) is 0 Å². The Balaban J connectivity index is 1.23. The molecule has 268 valence electrons. The van der Waals surface area contributed by atoms with E-state index in [4.69, 9.17) is 42.1 Å². The maximum atomic E-state index is 13.4. The van der Waals surface area contributed by atoms with Gasteiger partial charge in [0.25, 0.3) is 0 Å². The molecule has 0 saturated carbocycles. The predicted molar refractivity (Wildman–Crippen MR) is 180 cm³/mol. The number of esters is 2. The molecule has 1 fully saturated rings. The Morgan fingerprint density at radius 3 is 2.58 bits per heavy atom. The second-order valence-electron chi connectivity index (χ2n) is 11.0. The molecule has 50 heavy (non-hydrogen) atoms.